The van der Waals surface area contributed by atoms with Crippen LogP contribution in [0.3, 0.4) is 0 Å². The number of nitrogen functional groups attached to an aromatic ring is 1. The van der Waals surface area contributed by atoms with Gasteiger partial charge in [0, 0.05) is 24.2 Å². The van der Waals surface area contributed by atoms with Crippen molar-refractivity contribution in [1.82, 2.24) is 5.32 Å². The molecule has 0 aliphatic heterocycles. The molecule has 0 aromatic heterocycles. The average molecular weight is 270 g/mol. The van der Waals surface area contributed by atoms with Crippen molar-refractivity contribution in [1.29, 1.82) is 0 Å². The van der Waals surface area contributed by atoms with Crippen molar-refractivity contribution in [2.75, 3.05) is 5.73 Å². The molecule has 104 valence electrons. The third-order valence-corrected chi connectivity index (χ3v) is 3.06. The molecule has 0 aliphatic rings. The van der Waals surface area contributed by atoms with Crippen LogP contribution >= 0.6 is 0 Å². The van der Waals surface area contributed by atoms with Crippen LogP contribution in [0.5, 0.6) is 5.75 Å². The maximum Gasteiger partial charge on any atom is 0.220 e. The highest BCUT2D eigenvalue weighted by molar-refractivity contribution is 5.76. The van der Waals surface area contributed by atoms with Crippen molar-refractivity contribution in [3.63, 3.8) is 0 Å². The first-order valence-electron chi connectivity index (χ1n) is 6.53. The van der Waals surface area contributed by atoms with E-state index in [-0.39, 0.29) is 11.7 Å². The first-order valence-corrected chi connectivity index (χ1v) is 6.53. The van der Waals surface area contributed by atoms with E-state index in [2.05, 4.69) is 5.32 Å². The number of nitrogens with two attached hydrogens (primary N) is 1. The Morgan fingerprint density at radius 2 is 1.95 bits per heavy atom. The molecule has 0 atom stereocenters. The minimum absolute atomic E-state index is 0.0457. The van der Waals surface area contributed by atoms with E-state index in [1.807, 2.05) is 30.3 Å². The van der Waals surface area contributed by atoms with Crippen molar-refractivity contribution < 1.29 is 9.90 Å². The van der Waals surface area contributed by atoms with Gasteiger partial charge in [0.15, 0.2) is 0 Å². The molecule has 0 radical (unpaired) electrons. The standard InChI is InChI=1S/C16H18N2O2/c17-14-6-3-4-12(10-14)8-9-16(20)18-11-13-5-1-2-7-15(13)19/h1-7,10,19H,8-9,11,17H2,(H,18,20). The van der Waals surface area contributed by atoms with Gasteiger partial charge in [-0.05, 0) is 30.2 Å². The third-order valence-electron chi connectivity index (χ3n) is 3.06. The fourth-order valence-electron chi connectivity index (χ4n) is 1.95. The number of nitrogens with one attached hydrogen (secondary N) is 1. The maximum absolute atomic E-state index is 11.8. The summed E-state index contributed by atoms with van der Waals surface area (Å²) in [6, 6.07) is 14.5. The topological polar surface area (TPSA) is 75.4 Å². The van der Waals surface area contributed by atoms with Crippen LogP contribution < -0.4 is 11.1 Å². The lowest BCUT2D eigenvalue weighted by molar-refractivity contribution is -0.121. The molecule has 2 aromatic rings. The van der Waals surface area contributed by atoms with Gasteiger partial charge < -0.3 is 16.2 Å². The van der Waals surface area contributed by atoms with Gasteiger partial charge in [-0.3, -0.25) is 4.79 Å². The predicted molar refractivity (Wildman–Crippen MR) is 79.1 cm³/mol. The zero-order valence-electron chi connectivity index (χ0n) is 11.2. The number of carbonyl (C=O) groups is 1. The highest BCUT2D eigenvalue weighted by atomic mass is 16.3. The van der Waals surface area contributed by atoms with Crippen molar-refractivity contribution >= 4 is 11.6 Å². The number of hydrogen-bond acceptors (Lipinski definition) is 3. The summed E-state index contributed by atoms with van der Waals surface area (Å²) in [5.41, 5.74) is 8.15. The summed E-state index contributed by atoms with van der Waals surface area (Å²) >= 11 is 0. The third kappa shape index (κ3) is 4.02. The van der Waals surface area contributed by atoms with Crippen LogP contribution in [0.15, 0.2) is 48.5 Å². The lowest BCUT2D eigenvalue weighted by atomic mass is 10.1. The molecule has 2 rings (SSSR count). The molecule has 4 heteroatoms. The Labute approximate surface area is 118 Å². The van der Waals surface area contributed by atoms with Crippen molar-refractivity contribution in [3.8, 4) is 5.75 Å². The molecule has 0 saturated carbocycles. The molecule has 0 heterocycles. The van der Waals surface area contributed by atoms with Gasteiger partial charge in [0.05, 0.1) is 0 Å². The van der Waals surface area contributed by atoms with Crippen LogP contribution in [0, 0.1) is 0 Å². The number of phenols is 1. The second-order valence-electron chi connectivity index (χ2n) is 4.65. The Kier molecular flexibility index (Phi) is 4.60. The molecule has 0 fully saturated rings. The fraction of sp³-hybridized carbons (Fsp3) is 0.188. The molecule has 0 spiro atoms. The number of aromatic hydroxyl groups is 1. The Hall–Kier alpha value is -2.49. The second kappa shape index (κ2) is 6.61. The molecule has 0 unspecified atom stereocenters. The van der Waals surface area contributed by atoms with Gasteiger partial charge in [0.25, 0.3) is 0 Å². The molecule has 4 nitrogen and oxygen atoms in total. The van der Waals surface area contributed by atoms with Gasteiger partial charge in [-0.2, -0.15) is 0 Å². The summed E-state index contributed by atoms with van der Waals surface area (Å²) < 4.78 is 0. The molecule has 1 amide bonds. The van der Waals surface area contributed by atoms with Crippen molar-refractivity contribution in [2.45, 2.75) is 19.4 Å². The molecule has 0 aliphatic carbocycles. The highest BCUT2D eigenvalue weighted by Gasteiger charge is 2.04. The van der Waals surface area contributed by atoms with Crippen LogP contribution in [0.4, 0.5) is 5.69 Å². The maximum atomic E-state index is 11.8. The number of aryl methyl sites for hydroxylation is 1. The summed E-state index contributed by atoms with van der Waals surface area (Å²) in [7, 11) is 0. The fourth-order valence-corrected chi connectivity index (χ4v) is 1.95. The second-order valence-corrected chi connectivity index (χ2v) is 4.65. The van der Waals surface area contributed by atoms with E-state index in [9.17, 15) is 9.90 Å². The number of rotatable bonds is 5. The molecule has 0 bridgehead atoms. The minimum Gasteiger partial charge on any atom is -0.508 e. The Bertz CT molecular complexity index is 597. The SMILES string of the molecule is Nc1cccc(CCC(=O)NCc2ccccc2O)c1. The van der Waals surface area contributed by atoms with E-state index in [4.69, 9.17) is 5.73 Å². The Balaban J connectivity index is 1.80. The number of benzene rings is 2. The zero-order chi connectivity index (χ0) is 14.4. The molecule has 4 N–H and O–H groups in total. The van der Waals surface area contributed by atoms with Gasteiger partial charge >= 0.3 is 0 Å². The Morgan fingerprint density at radius 1 is 1.15 bits per heavy atom. The molecular formula is C16H18N2O2. The van der Waals surface area contributed by atoms with E-state index in [1.54, 1.807) is 18.2 Å². The summed E-state index contributed by atoms with van der Waals surface area (Å²) in [5, 5.41) is 12.4. The van der Waals surface area contributed by atoms with Crippen LogP contribution in [0.2, 0.25) is 0 Å². The van der Waals surface area contributed by atoms with Gasteiger partial charge in [0.2, 0.25) is 5.91 Å². The molecule has 20 heavy (non-hydrogen) atoms. The van der Waals surface area contributed by atoms with Gasteiger partial charge in [-0.15, -0.1) is 0 Å². The number of para-hydroxylation sites is 1. The smallest absolute Gasteiger partial charge is 0.220 e. The Morgan fingerprint density at radius 3 is 2.70 bits per heavy atom. The number of anilines is 1. The number of hydrogen-bond donors (Lipinski definition) is 3. The predicted octanol–water partition coefficient (Wildman–Crippen LogP) is 2.22. The lowest BCUT2D eigenvalue weighted by Gasteiger charge is -2.07. The van der Waals surface area contributed by atoms with Crippen LogP contribution in [0.25, 0.3) is 0 Å². The van der Waals surface area contributed by atoms with E-state index in [0.29, 0.717) is 30.6 Å². The molecule has 0 saturated heterocycles. The van der Waals surface area contributed by atoms with E-state index < -0.39 is 0 Å². The monoisotopic (exact) mass is 270 g/mol. The van der Waals surface area contributed by atoms with E-state index in [0.717, 1.165) is 5.56 Å². The number of carbonyl (C=O) groups excluding carboxylic acids is 1. The first-order chi connectivity index (χ1) is 9.65. The van der Waals surface area contributed by atoms with Crippen LogP contribution in [-0.2, 0) is 17.8 Å². The summed E-state index contributed by atoms with van der Waals surface area (Å²) in [6.45, 7) is 0.336. The molecule has 2 aromatic carbocycles. The van der Waals surface area contributed by atoms with Gasteiger partial charge in [-0.25, -0.2) is 0 Å². The normalized spacial score (nSPS) is 10.2. The first kappa shape index (κ1) is 13.9. The zero-order valence-corrected chi connectivity index (χ0v) is 11.2. The van der Waals surface area contributed by atoms with Crippen LogP contribution in [0.1, 0.15) is 17.5 Å². The lowest BCUT2D eigenvalue weighted by Crippen LogP contribution is -2.23. The van der Waals surface area contributed by atoms with Crippen molar-refractivity contribution in [3.05, 3.63) is 59.7 Å². The van der Waals surface area contributed by atoms with Crippen molar-refractivity contribution in [2.24, 2.45) is 0 Å². The summed E-state index contributed by atoms with van der Waals surface area (Å²) in [5.74, 6) is 0.152. The summed E-state index contributed by atoms with van der Waals surface area (Å²) in [6.07, 6.45) is 1.05. The quantitative estimate of drug-likeness (QED) is 0.729. The van der Waals surface area contributed by atoms with Crippen LogP contribution in [-0.4, -0.2) is 11.0 Å². The molecular weight excluding hydrogens is 252 g/mol. The van der Waals surface area contributed by atoms with E-state index in [1.165, 1.54) is 0 Å². The minimum atomic E-state index is -0.0457. The number of phenolic OH excluding ortho intramolecular Hbond substituents is 1. The average Bonchev–Trinajstić information content (AvgIpc) is 2.44. The van der Waals surface area contributed by atoms with Gasteiger partial charge in [-0.1, -0.05) is 30.3 Å². The number of amides is 1. The largest absolute Gasteiger partial charge is 0.508 e. The van der Waals surface area contributed by atoms with E-state index >= 15 is 0 Å². The highest BCUT2D eigenvalue weighted by Crippen LogP contribution is 2.15. The summed E-state index contributed by atoms with van der Waals surface area (Å²) in [4.78, 5) is 11.8. The van der Waals surface area contributed by atoms with Gasteiger partial charge in [0.1, 0.15) is 5.75 Å².